The maximum atomic E-state index is 12.6. The average molecular weight is 290 g/mol. The minimum Gasteiger partial charge on any atom is -0.340 e. The maximum Gasteiger partial charge on any atom is 0.246 e. The third-order valence-corrected chi connectivity index (χ3v) is 4.22. The van der Waals surface area contributed by atoms with Crippen LogP contribution >= 0.6 is 0 Å². The van der Waals surface area contributed by atoms with Crippen molar-refractivity contribution in [2.45, 2.75) is 31.2 Å². The van der Waals surface area contributed by atoms with Gasteiger partial charge in [0.05, 0.1) is 0 Å². The van der Waals surface area contributed by atoms with Gasteiger partial charge in [-0.05, 0) is 25.3 Å². The molecule has 3 heterocycles. The van der Waals surface area contributed by atoms with Crippen LogP contribution in [0.25, 0.3) is 0 Å². The molecule has 8 nitrogen and oxygen atoms in total. The smallest absolute Gasteiger partial charge is 0.246 e. The Hall–Kier alpha value is -2.25. The molecular formula is C13H18N6O2. The first-order chi connectivity index (χ1) is 10.2. The van der Waals surface area contributed by atoms with Crippen molar-refractivity contribution in [3.8, 4) is 0 Å². The van der Waals surface area contributed by atoms with E-state index < -0.39 is 0 Å². The highest BCUT2D eigenvalue weighted by atomic mass is 16.2. The van der Waals surface area contributed by atoms with Crippen molar-refractivity contribution in [2.24, 2.45) is 0 Å². The molecule has 112 valence electrons. The van der Waals surface area contributed by atoms with Crippen LogP contribution in [0.2, 0.25) is 0 Å². The van der Waals surface area contributed by atoms with Crippen molar-refractivity contribution in [2.75, 3.05) is 19.6 Å². The van der Waals surface area contributed by atoms with Crippen molar-refractivity contribution < 1.29 is 9.59 Å². The van der Waals surface area contributed by atoms with Gasteiger partial charge in [0.1, 0.15) is 6.04 Å². The van der Waals surface area contributed by atoms with Gasteiger partial charge in [-0.1, -0.05) is 11.8 Å². The second-order valence-corrected chi connectivity index (χ2v) is 5.43. The number of tetrazole rings is 1. The Labute approximate surface area is 122 Å². The van der Waals surface area contributed by atoms with Crippen LogP contribution in [0, 0.1) is 0 Å². The van der Waals surface area contributed by atoms with Gasteiger partial charge in [0.15, 0.2) is 5.82 Å². The molecule has 0 spiro atoms. The van der Waals surface area contributed by atoms with Crippen molar-refractivity contribution in [1.82, 2.24) is 30.4 Å². The minimum absolute atomic E-state index is 0.0219. The van der Waals surface area contributed by atoms with Gasteiger partial charge in [-0.2, -0.15) is 5.21 Å². The summed E-state index contributed by atoms with van der Waals surface area (Å²) in [5.74, 6) is 0.627. The third-order valence-electron chi connectivity index (χ3n) is 4.22. The molecule has 0 saturated carbocycles. The van der Waals surface area contributed by atoms with Crippen LogP contribution in [0.4, 0.5) is 0 Å². The number of rotatable bonds is 3. The summed E-state index contributed by atoms with van der Waals surface area (Å²) in [5.41, 5.74) is 0. The molecule has 2 amide bonds. The molecule has 1 aromatic heterocycles. The molecular weight excluding hydrogens is 272 g/mol. The van der Waals surface area contributed by atoms with Crippen molar-refractivity contribution in [1.29, 1.82) is 0 Å². The molecule has 2 fully saturated rings. The number of amides is 2. The molecule has 0 aliphatic carbocycles. The summed E-state index contributed by atoms with van der Waals surface area (Å²) in [6, 6.07) is -0.348. The van der Waals surface area contributed by atoms with Gasteiger partial charge in [0.2, 0.25) is 11.8 Å². The van der Waals surface area contributed by atoms with Gasteiger partial charge in [0.25, 0.3) is 0 Å². The Balaban J connectivity index is 1.66. The van der Waals surface area contributed by atoms with Crippen molar-refractivity contribution >= 4 is 11.8 Å². The van der Waals surface area contributed by atoms with Crippen LogP contribution in [0.15, 0.2) is 12.7 Å². The minimum atomic E-state index is -0.348. The predicted octanol–water partition coefficient (Wildman–Crippen LogP) is -0.307. The van der Waals surface area contributed by atoms with Crippen LogP contribution in [-0.2, 0) is 9.59 Å². The molecule has 1 aromatic rings. The number of aromatic nitrogens is 4. The summed E-state index contributed by atoms with van der Waals surface area (Å²) in [6.45, 7) is 5.39. The van der Waals surface area contributed by atoms with E-state index in [9.17, 15) is 9.59 Å². The monoisotopic (exact) mass is 290 g/mol. The topological polar surface area (TPSA) is 95.1 Å². The van der Waals surface area contributed by atoms with E-state index in [0.29, 0.717) is 25.5 Å². The zero-order valence-corrected chi connectivity index (χ0v) is 11.7. The average Bonchev–Trinajstić information content (AvgIpc) is 3.25. The van der Waals surface area contributed by atoms with Crippen molar-refractivity contribution in [3.63, 3.8) is 0 Å². The Morgan fingerprint density at radius 1 is 1.33 bits per heavy atom. The number of carbonyl (C=O) groups is 2. The molecule has 21 heavy (non-hydrogen) atoms. The number of hydrogen-bond acceptors (Lipinski definition) is 5. The first-order valence-corrected chi connectivity index (χ1v) is 7.16. The number of carbonyl (C=O) groups excluding carboxylic acids is 2. The summed E-state index contributed by atoms with van der Waals surface area (Å²) in [5, 5.41) is 14.0. The maximum absolute atomic E-state index is 12.6. The fourth-order valence-corrected chi connectivity index (χ4v) is 3.13. The van der Waals surface area contributed by atoms with Crippen LogP contribution in [0.5, 0.6) is 0 Å². The zero-order valence-electron chi connectivity index (χ0n) is 11.7. The first kappa shape index (κ1) is 13.7. The highest BCUT2D eigenvalue weighted by molar-refractivity contribution is 5.93. The lowest BCUT2D eigenvalue weighted by atomic mass is 10.1. The molecule has 3 rings (SSSR count). The Bertz CT molecular complexity index is 543. The lowest BCUT2D eigenvalue weighted by Crippen LogP contribution is -2.46. The summed E-state index contributed by atoms with van der Waals surface area (Å²) >= 11 is 0. The Morgan fingerprint density at radius 2 is 2.19 bits per heavy atom. The number of nitrogens with one attached hydrogen (secondary N) is 1. The molecule has 2 unspecified atom stereocenters. The second-order valence-electron chi connectivity index (χ2n) is 5.43. The Morgan fingerprint density at radius 3 is 2.90 bits per heavy atom. The van der Waals surface area contributed by atoms with Gasteiger partial charge in [-0.15, -0.1) is 10.2 Å². The molecule has 0 radical (unpaired) electrons. The van der Waals surface area contributed by atoms with Gasteiger partial charge in [-0.3, -0.25) is 9.59 Å². The number of likely N-dealkylation sites (tertiary alicyclic amines) is 2. The largest absolute Gasteiger partial charge is 0.340 e. The Kier molecular flexibility index (Phi) is 3.68. The number of nitrogens with zero attached hydrogens (tertiary/aromatic N) is 5. The van der Waals surface area contributed by atoms with E-state index in [1.165, 1.54) is 6.08 Å². The number of hydrogen-bond donors (Lipinski definition) is 1. The fraction of sp³-hybridized carbons (Fsp3) is 0.615. The van der Waals surface area contributed by atoms with E-state index >= 15 is 0 Å². The summed E-state index contributed by atoms with van der Waals surface area (Å²) < 4.78 is 0. The molecule has 2 atom stereocenters. The van der Waals surface area contributed by atoms with E-state index in [2.05, 4.69) is 27.2 Å². The normalized spacial score (nSPS) is 25.3. The summed E-state index contributed by atoms with van der Waals surface area (Å²) in [7, 11) is 0. The van der Waals surface area contributed by atoms with E-state index in [1.54, 1.807) is 9.80 Å². The first-order valence-electron chi connectivity index (χ1n) is 7.16. The van der Waals surface area contributed by atoms with Gasteiger partial charge >= 0.3 is 0 Å². The molecule has 0 bridgehead atoms. The molecule has 2 aliphatic heterocycles. The molecule has 1 N–H and O–H groups in total. The molecule has 8 heteroatoms. The van der Waals surface area contributed by atoms with E-state index in [0.717, 1.165) is 19.3 Å². The lowest BCUT2D eigenvalue weighted by molar-refractivity contribution is -0.140. The third kappa shape index (κ3) is 2.53. The lowest BCUT2D eigenvalue weighted by Gasteiger charge is -2.27. The van der Waals surface area contributed by atoms with Gasteiger partial charge in [0, 0.05) is 25.6 Å². The number of H-pyrrole nitrogens is 1. The SMILES string of the molecule is C=CC(=O)N1CCCC1C(=O)N1CCC(c2nn[nH]n2)C1. The second kappa shape index (κ2) is 5.63. The zero-order chi connectivity index (χ0) is 14.8. The van der Waals surface area contributed by atoms with Gasteiger partial charge in [-0.25, -0.2) is 0 Å². The van der Waals surface area contributed by atoms with E-state index in [-0.39, 0.29) is 23.8 Å². The predicted molar refractivity (Wildman–Crippen MR) is 73.0 cm³/mol. The summed E-state index contributed by atoms with van der Waals surface area (Å²) in [6.07, 6.45) is 3.69. The van der Waals surface area contributed by atoms with Crippen LogP contribution < -0.4 is 0 Å². The summed E-state index contributed by atoms with van der Waals surface area (Å²) in [4.78, 5) is 27.9. The van der Waals surface area contributed by atoms with Crippen molar-refractivity contribution in [3.05, 3.63) is 18.5 Å². The fourth-order valence-electron chi connectivity index (χ4n) is 3.13. The highest BCUT2D eigenvalue weighted by Crippen LogP contribution is 2.27. The van der Waals surface area contributed by atoms with E-state index in [4.69, 9.17) is 0 Å². The van der Waals surface area contributed by atoms with Crippen LogP contribution in [0.1, 0.15) is 31.0 Å². The van der Waals surface area contributed by atoms with Crippen LogP contribution in [0.3, 0.4) is 0 Å². The molecule has 0 aromatic carbocycles. The van der Waals surface area contributed by atoms with E-state index in [1.807, 2.05) is 0 Å². The quantitative estimate of drug-likeness (QED) is 0.771. The highest BCUT2D eigenvalue weighted by Gasteiger charge is 2.38. The number of aromatic amines is 1. The van der Waals surface area contributed by atoms with Crippen LogP contribution in [-0.4, -0.2) is 67.9 Å². The standard InChI is InChI=1S/C13H18N6O2/c1-2-11(20)19-6-3-4-10(19)13(21)18-7-5-9(8-18)12-14-16-17-15-12/h2,9-10H,1,3-8H2,(H,14,15,16,17). The molecule has 2 saturated heterocycles. The van der Waals surface area contributed by atoms with Gasteiger partial charge < -0.3 is 9.80 Å². The molecule has 2 aliphatic rings.